The van der Waals surface area contributed by atoms with Crippen LogP contribution in [0.1, 0.15) is 34.6 Å². The third kappa shape index (κ3) is 3.89. The summed E-state index contributed by atoms with van der Waals surface area (Å²) >= 11 is 0. The van der Waals surface area contributed by atoms with E-state index in [0.29, 0.717) is 17.1 Å². The lowest BCUT2D eigenvalue weighted by molar-refractivity contribution is 0.0939. The second kappa shape index (κ2) is 8.02. The molecule has 1 unspecified atom stereocenters. The highest BCUT2D eigenvalue weighted by Gasteiger charge is 2.17. The van der Waals surface area contributed by atoms with Gasteiger partial charge in [-0.15, -0.1) is 0 Å². The van der Waals surface area contributed by atoms with E-state index in [-0.39, 0.29) is 11.9 Å². The number of hydrogen-bond acceptors (Lipinski definition) is 5. The van der Waals surface area contributed by atoms with Crippen LogP contribution in [0.4, 0.5) is 0 Å². The van der Waals surface area contributed by atoms with Gasteiger partial charge in [-0.05, 0) is 38.1 Å². The van der Waals surface area contributed by atoms with Gasteiger partial charge >= 0.3 is 0 Å². The molecule has 1 amide bonds. The van der Waals surface area contributed by atoms with E-state index in [9.17, 15) is 4.79 Å². The summed E-state index contributed by atoms with van der Waals surface area (Å²) in [6.07, 6.45) is 6.49. The molecule has 1 aromatic carbocycles. The van der Waals surface area contributed by atoms with Crippen molar-refractivity contribution in [3.8, 4) is 17.2 Å². The van der Waals surface area contributed by atoms with Gasteiger partial charge in [0.1, 0.15) is 5.69 Å². The zero-order valence-corrected chi connectivity index (χ0v) is 16.1. The molecule has 0 spiro atoms. The monoisotopic (exact) mass is 384 g/mol. The van der Waals surface area contributed by atoms with Crippen molar-refractivity contribution in [3.05, 3.63) is 90.1 Å². The van der Waals surface area contributed by atoms with Crippen LogP contribution in [0.3, 0.4) is 0 Å². The van der Waals surface area contributed by atoms with Crippen molar-refractivity contribution in [1.29, 1.82) is 0 Å². The van der Waals surface area contributed by atoms with Gasteiger partial charge in [-0.3, -0.25) is 9.78 Å². The van der Waals surface area contributed by atoms with Crippen LogP contribution in [0.2, 0.25) is 0 Å². The lowest BCUT2D eigenvalue weighted by atomic mass is 10.1. The second-order valence-electron chi connectivity index (χ2n) is 6.64. The first-order valence-corrected chi connectivity index (χ1v) is 9.28. The highest BCUT2D eigenvalue weighted by Crippen LogP contribution is 2.20. The Kier molecular flexibility index (Phi) is 5.11. The number of pyridine rings is 1. The summed E-state index contributed by atoms with van der Waals surface area (Å²) in [5.41, 5.74) is 3.97. The van der Waals surface area contributed by atoms with Gasteiger partial charge in [-0.2, -0.15) is 5.10 Å². The van der Waals surface area contributed by atoms with E-state index in [2.05, 4.69) is 25.4 Å². The molecular formula is C22H20N6O. The average Bonchev–Trinajstić information content (AvgIpc) is 3.16. The summed E-state index contributed by atoms with van der Waals surface area (Å²) in [5, 5.41) is 7.46. The summed E-state index contributed by atoms with van der Waals surface area (Å²) in [7, 11) is 0. The van der Waals surface area contributed by atoms with Crippen molar-refractivity contribution in [3.63, 3.8) is 0 Å². The number of carbonyl (C=O) groups excluding carboxylic acids is 1. The molecule has 0 aliphatic rings. The Labute approximate surface area is 168 Å². The predicted molar refractivity (Wildman–Crippen MR) is 109 cm³/mol. The smallest absolute Gasteiger partial charge is 0.254 e. The van der Waals surface area contributed by atoms with Gasteiger partial charge < -0.3 is 5.32 Å². The molecule has 0 fully saturated rings. The molecule has 4 aromatic rings. The third-order valence-corrected chi connectivity index (χ3v) is 4.67. The number of hydrogen-bond donors (Lipinski definition) is 1. The van der Waals surface area contributed by atoms with Crippen molar-refractivity contribution < 1.29 is 4.79 Å². The fraction of sp³-hybridized carbons (Fsp3) is 0.136. The zero-order chi connectivity index (χ0) is 20.2. The molecule has 0 aliphatic carbocycles. The van der Waals surface area contributed by atoms with Crippen molar-refractivity contribution in [2.75, 3.05) is 0 Å². The molecule has 29 heavy (non-hydrogen) atoms. The quantitative estimate of drug-likeness (QED) is 0.569. The van der Waals surface area contributed by atoms with E-state index in [1.54, 1.807) is 12.4 Å². The molecule has 4 rings (SSSR count). The molecule has 144 valence electrons. The van der Waals surface area contributed by atoms with Gasteiger partial charge in [0.25, 0.3) is 5.91 Å². The van der Waals surface area contributed by atoms with Gasteiger partial charge in [0, 0.05) is 29.8 Å². The number of benzene rings is 1. The molecule has 3 heterocycles. The average molecular weight is 384 g/mol. The van der Waals surface area contributed by atoms with Crippen molar-refractivity contribution in [2.45, 2.75) is 19.9 Å². The van der Waals surface area contributed by atoms with Crippen molar-refractivity contribution in [1.82, 2.24) is 30.0 Å². The maximum absolute atomic E-state index is 12.6. The maximum atomic E-state index is 12.6. The Morgan fingerprint density at radius 1 is 0.966 bits per heavy atom. The topological polar surface area (TPSA) is 85.6 Å². The van der Waals surface area contributed by atoms with E-state index in [0.717, 1.165) is 16.9 Å². The van der Waals surface area contributed by atoms with Gasteiger partial charge in [-0.25, -0.2) is 14.6 Å². The number of para-hydroxylation sites is 1. The second-order valence-corrected chi connectivity index (χ2v) is 6.64. The minimum Gasteiger partial charge on any atom is -0.345 e. The standard InChI is InChI=1S/C22H20N6O/c1-15(19-14-26-28(16(19)2)18-8-4-3-5-9-18)27-22(29)17-12-24-21(25-13-17)20-10-6-7-11-23-20/h3-15H,1-2H3,(H,27,29). The third-order valence-electron chi connectivity index (χ3n) is 4.67. The summed E-state index contributed by atoms with van der Waals surface area (Å²) in [6, 6.07) is 15.2. The Morgan fingerprint density at radius 3 is 2.38 bits per heavy atom. The van der Waals surface area contributed by atoms with Crippen LogP contribution in [0.25, 0.3) is 17.2 Å². The molecule has 7 nitrogen and oxygen atoms in total. The number of nitrogens with zero attached hydrogens (tertiary/aromatic N) is 5. The Morgan fingerprint density at radius 2 is 1.69 bits per heavy atom. The normalized spacial score (nSPS) is 11.8. The van der Waals surface area contributed by atoms with E-state index < -0.39 is 0 Å². The molecule has 0 saturated carbocycles. The van der Waals surface area contributed by atoms with Crippen LogP contribution in [0.15, 0.2) is 73.3 Å². The minimum atomic E-state index is -0.239. The van der Waals surface area contributed by atoms with Crippen molar-refractivity contribution >= 4 is 5.91 Å². The Bertz CT molecular complexity index is 1110. The van der Waals surface area contributed by atoms with E-state index in [1.165, 1.54) is 12.4 Å². The zero-order valence-electron chi connectivity index (χ0n) is 16.1. The van der Waals surface area contributed by atoms with Gasteiger partial charge in [0.05, 0.1) is 23.5 Å². The van der Waals surface area contributed by atoms with Crippen LogP contribution in [0, 0.1) is 6.92 Å². The molecule has 0 bridgehead atoms. The van der Waals surface area contributed by atoms with E-state index in [1.807, 2.05) is 67.1 Å². The Hall–Kier alpha value is -3.87. The predicted octanol–water partition coefficient (Wildman–Crippen LogP) is 3.52. The van der Waals surface area contributed by atoms with E-state index >= 15 is 0 Å². The minimum absolute atomic E-state index is 0.213. The summed E-state index contributed by atoms with van der Waals surface area (Å²) in [5.74, 6) is 0.243. The first-order valence-electron chi connectivity index (χ1n) is 9.28. The molecular weight excluding hydrogens is 364 g/mol. The van der Waals surface area contributed by atoms with Gasteiger partial charge in [-0.1, -0.05) is 24.3 Å². The molecule has 3 aromatic heterocycles. The van der Waals surface area contributed by atoms with E-state index in [4.69, 9.17) is 0 Å². The molecule has 0 radical (unpaired) electrons. The number of carbonyl (C=O) groups is 1. The van der Waals surface area contributed by atoms with Crippen molar-refractivity contribution in [2.24, 2.45) is 0 Å². The number of amides is 1. The maximum Gasteiger partial charge on any atom is 0.254 e. The fourth-order valence-electron chi connectivity index (χ4n) is 3.11. The Balaban J connectivity index is 1.48. The van der Waals surface area contributed by atoms with Crippen LogP contribution >= 0.6 is 0 Å². The largest absolute Gasteiger partial charge is 0.345 e. The fourth-order valence-corrected chi connectivity index (χ4v) is 3.11. The number of aromatic nitrogens is 5. The molecule has 1 N–H and O–H groups in total. The highest BCUT2D eigenvalue weighted by molar-refractivity contribution is 5.94. The number of nitrogens with one attached hydrogen (secondary N) is 1. The molecule has 0 saturated heterocycles. The summed E-state index contributed by atoms with van der Waals surface area (Å²) in [4.78, 5) is 25.4. The molecule has 0 aliphatic heterocycles. The lowest BCUT2D eigenvalue weighted by Gasteiger charge is -2.14. The summed E-state index contributed by atoms with van der Waals surface area (Å²) in [6.45, 7) is 3.92. The van der Waals surface area contributed by atoms with Gasteiger partial charge in [0.15, 0.2) is 5.82 Å². The number of rotatable bonds is 5. The van der Waals surface area contributed by atoms with Crippen LogP contribution < -0.4 is 5.32 Å². The molecule has 7 heteroatoms. The van der Waals surface area contributed by atoms with Crippen LogP contribution in [0.5, 0.6) is 0 Å². The molecule has 1 atom stereocenters. The van der Waals surface area contributed by atoms with Crippen LogP contribution in [-0.2, 0) is 0 Å². The lowest BCUT2D eigenvalue weighted by Crippen LogP contribution is -2.27. The van der Waals surface area contributed by atoms with Gasteiger partial charge in [0.2, 0.25) is 0 Å². The first kappa shape index (κ1) is 18.5. The summed E-state index contributed by atoms with van der Waals surface area (Å²) < 4.78 is 1.86. The highest BCUT2D eigenvalue weighted by atomic mass is 16.1. The van der Waals surface area contributed by atoms with Crippen LogP contribution in [-0.4, -0.2) is 30.6 Å². The SMILES string of the molecule is Cc1c(C(C)NC(=O)c2cnc(-c3ccccn3)nc2)cnn1-c1ccccc1. The first-order chi connectivity index (χ1) is 14.1.